The van der Waals surface area contributed by atoms with Crippen molar-refractivity contribution in [1.29, 1.82) is 0 Å². The van der Waals surface area contributed by atoms with Gasteiger partial charge in [0.1, 0.15) is 11.4 Å². The summed E-state index contributed by atoms with van der Waals surface area (Å²) in [5.74, 6) is 0.262. The molecule has 4 aromatic rings. The van der Waals surface area contributed by atoms with Crippen molar-refractivity contribution in [2.75, 3.05) is 25.5 Å². The summed E-state index contributed by atoms with van der Waals surface area (Å²) in [5, 5.41) is 28.8. The first-order valence-electron chi connectivity index (χ1n) is 13.8. The van der Waals surface area contributed by atoms with Crippen molar-refractivity contribution in [3.63, 3.8) is 0 Å². The van der Waals surface area contributed by atoms with Gasteiger partial charge in [0.05, 0.1) is 40.7 Å². The lowest BCUT2D eigenvalue weighted by Crippen LogP contribution is -2.24. The van der Waals surface area contributed by atoms with E-state index in [1.54, 1.807) is 63.7 Å². The van der Waals surface area contributed by atoms with Crippen molar-refractivity contribution >= 4 is 34.8 Å². The lowest BCUT2D eigenvalue weighted by atomic mass is 10.0. The molecule has 43 heavy (non-hydrogen) atoms. The number of halogens is 2. The summed E-state index contributed by atoms with van der Waals surface area (Å²) in [6.07, 6.45) is 2.38. The molecule has 0 saturated heterocycles. The van der Waals surface area contributed by atoms with Gasteiger partial charge in [0, 0.05) is 60.8 Å². The average molecular weight is 625 g/mol. The first-order chi connectivity index (χ1) is 20.7. The fourth-order valence-corrected chi connectivity index (χ4v) is 5.02. The molecule has 0 bridgehead atoms. The Balaban J connectivity index is 1.54. The minimum absolute atomic E-state index is 0.239. The number of carbonyl (C=O) groups excluding carboxylic acids is 1. The van der Waals surface area contributed by atoms with Gasteiger partial charge >= 0.3 is 0 Å². The van der Waals surface area contributed by atoms with Crippen molar-refractivity contribution in [2.24, 2.45) is 0 Å². The number of aliphatic hydroxyl groups excluding tert-OH is 2. The lowest BCUT2D eigenvalue weighted by Gasteiger charge is -2.15. The van der Waals surface area contributed by atoms with E-state index in [-0.39, 0.29) is 5.69 Å². The molecule has 1 amide bonds. The first-order valence-corrected chi connectivity index (χ1v) is 14.6. The van der Waals surface area contributed by atoms with Crippen LogP contribution in [0, 0.1) is 0 Å². The van der Waals surface area contributed by atoms with E-state index in [0.29, 0.717) is 64.5 Å². The van der Waals surface area contributed by atoms with Crippen LogP contribution in [0.4, 0.5) is 5.69 Å². The van der Waals surface area contributed by atoms with Gasteiger partial charge in [0.2, 0.25) is 0 Å². The second-order valence-electron chi connectivity index (χ2n) is 10.2. The summed E-state index contributed by atoms with van der Waals surface area (Å²) >= 11 is 13.7. The predicted molar refractivity (Wildman–Crippen MR) is 171 cm³/mol. The van der Waals surface area contributed by atoms with Gasteiger partial charge in [-0.1, -0.05) is 53.5 Å². The van der Waals surface area contributed by atoms with Crippen molar-refractivity contribution in [2.45, 2.75) is 39.1 Å². The Bertz CT molecular complexity index is 1550. The van der Waals surface area contributed by atoms with Gasteiger partial charge in [-0.15, -0.1) is 0 Å². The van der Waals surface area contributed by atoms with E-state index >= 15 is 0 Å². The number of carbonyl (C=O) groups is 1. The molecule has 11 heteroatoms. The number of nitrogens with one attached hydrogen (secondary N) is 3. The Morgan fingerprint density at radius 1 is 0.907 bits per heavy atom. The molecule has 0 unspecified atom stereocenters. The van der Waals surface area contributed by atoms with E-state index in [0.717, 1.165) is 16.7 Å². The van der Waals surface area contributed by atoms with Crippen molar-refractivity contribution in [3.8, 4) is 28.1 Å². The van der Waals surface area contributed by atoms with Crippen LogP contribution in [-0.4, -0.2) is 58.5 Å². The van der Waals surface area contributed by atoms with E-state index in [9.17, 15) is 15.0 Å². The highest BCUT2D eigenvalue weighted by atomic mass is 35.5. The minimum Gasteiger partial charge on any atom is -0.496 e. The molecule has 0 saturated carbocycles. The van der Waals surface area contributed by atoms with Crippen molar-refractivity contribution in [1.82, 2.24) is 20.6 Å². The Labute approximate surface area is 261 Å². The molecule has 2 aromatic heterocycles. The summed E-state index contributed by atoms with van der Waals surface area (Å²) in [6.45, 7) is 5.42. The monoisotopic (exact) mass is 623 g/mol. The average Bonchev–Trinajstić information content (AvgIpc) is 2.98. The Morgan fingerprint density at radius 3 is 2.30 bits per heavy atom. The zero-order chi connectivity index (χ0) is 30.9. The SMILES string of the molecule is COc1cc(-c2nccc(-c3cccc(NC(=O)c4ccc(CNC[C@@H](C)O)cn4)c3Cl)c2Cl)ccc1CNC[C@H](C)O. The molecule has 9 nitrogen and oxygen atoms in total. The smallest absolute Gasteiger partial charge is 0.274 e. The first kappa shape index (κ1) is 32.3. The maximum absolute atomic E-state index is 13.0. The number of ether oxygens (including phenoxy) is 1. The summed E-state index contributed by atoms with van der Waals surface area (Å²) in [7, 11) is 1.60. The van der Waals surface area contributed by atoms with Crippen LogP contribution in [0.1, 0.15) is 35.5 Å². The van der Waals surface area contributed by atoms with Gasteiger partial charge in [-0.3, -0.25) is 14.8 Å². The highest BCUT2D eigenvalue weighted by molar-refractivity contribution is 6.39. The highest BCUT2D eigenvalue weighted by Crippen LogP contribution is 2.41. The van der Waals surface area contributed by atoms with Crippen LogP contribution in [-0.2, 0) is 13.1 Å². The van der Waals surface area contributed by atoms with Gasteiger partial charge in [-0.05, 0) is 43.7 Å². The summed E-state index contributed by atoms with van der Waals surface area (Å²) in [4.78, 5) is 21.8. The molecule has 0 aliphatic heterocycles. The van der Waals surface area contributed by atoms with E-state index < -0.39 is 18.1 Å². The molecule has 0 radical (unpaired) electrons. The number of aromatic nitrogens is 2. The minimum atomic E-state index is -0.451. The zero-order valence-electron chi connectivity index (χ0n) is 24.2. The fraction of sp³-hybridized carbons (Fsp3) is 0.281. The molecule has 0 aliphatic rings. The number of methoxy groups -OCH3 is 1. The number of rotatable bonds is 13. The molecule has 2 atom stereocenters. The molecular formula is C32H35Cl2N5O4. The van der Waals surface area contributed by atoms with Gasteiger partial charge in [0.25, 0.3) is 5.91 Å². The molecule has 2 heterocycles. The molecule has 226 valence electrons. The molecule has 5 N–H and O–H groups in total. The van der Waals surface area contributed by atoms with E-state index in [1.807, 2.05) is 24.3 Å². The summed E-state index contributed by atoms with van der Waals surface area (Å²) < 4.78 is 5.61. The number of amides is 1. The Kier molecular flexibility index (Phi) is 11.5. The predicted octanol–water partition coefficient (Wildman–Crippen LogP) is 5.32. The van der Waals surface area contributed by atoms with Crippen LogP contribution in [0.15, 0.2) is 67.0 Å². The van der Waals surface area contributed by atoms with Crippen LogP contribution >= 0.6 is 23.2 Å². The number of nitrogens with zero attached hydrogens (tertiary/aromatic N) is 2. The van der Waals surface area contributed by atoms with E-state index in [2.05, 4.69) is 25.9 Å². The number of aliphatic hydroxyl groups is 2. The second-order valence-corrected chi connectivity index (χ2v) is 10.9. The Morgan fingerprint density at radius 2 is 1.63 bits per heavy atom. The molecule has 0 spiro atoms. The summed E-state index contributed by atoms with van der Waals surface area (Å²) in [5.41, 5.74) is 5.08. The normalized spacial score (nSPS) is 12.5. The van der Waals surface area contributed by atoms with Crippen molar-refractivity contribution < 1.29 is 19.7 Å². The number of benzene rings is 2. The summed E-state index contributed by atoms with van der Waals surface area (Å²) in [6, 6.07) is 16.3. The largest absolute Gasteiger partial charge is 0.496 e. The lowest BCUT2D eigenvalue weighted by molar-refractivity contribution is 0.102. The van der Waals surface area contributed by atoms with Crippen LogP contribution < -0.4 is 20.7 Å². The molecule has 0 aliphatic carbocycles. The van der Waals surface area contributed by atoms with Gasteiger partial charge < -0.3 is 30.9 Å². The second kappa shape index (κ2) is 15.2. The molecule has 4 rings (SSSR count). The number of hydrogen-bond acceptors (Lipinski definition) is 8. The van der Waals surface area contributed by atoms with E-state index in [4.69, 9.17) is 27.9 Å². The van der Waals surface area contributed by atoms with Gasteiger partial charge in [-0.25, -0.2) is 0 Å². The molecule has 0 fully saturated rings. The number of anilines is 1. The third-order valence-corrected chi connectivity index (χ3v) is 7.36. The maximum atomic E-state index is 13.0. The van der Waals surface area contributed by atoms with Crippen LogP contribution in [0.5, 0.6) is 5.75 Å². The Hall–Kier alpha value is -3.57. The van der Waals surface area contributed by atoms with E-state index in [1.165, 1.54) is 0 Å². The topological polar surface area (TPSA) is 129 Å². The number of pyridine rings is 2. The fourth-order valence-electron chi connectivity index (χ4n) is 4.42. The van der Waals surface area contributed by atoms with Crippen LogP contribution in [0.3, 0.4) is 0 Å². The zero-order valence-corrected chi connectivity index (χ0v) is 25.7. The highest BCUT2D eigenvalue weighted by Gasteiger charge is 2.18. The third-order valence-electron chi connectivity index (χ3n) is 6.57. The third kappa shape index (κ3) is 8.51. The van der Waals surface area contributed by atoms with Gasteiger partial charge in [0.15, 0.2) is 0 Å². The standard InChI is InChI=1S/C32H35Cl2N5O4/c1-19(40)14-35-16-21-7-10-27(38-17-21)32(42)39-26-6-4-5-24(29(26)33)25-11-12-37-31(30(25)34)22-8-9-23(28(13-22)43-3)18-36-15-20(2)41/h4-13,17,19-20,35-36,40-41H,14-16,18H2,1-3H3,(H,39,42)/t19-,20+/m1/s1. The molecule has 2 aromatic carbocycles. The van der Waals surface area contributed by atoms with Gasteiger partial charge in [-0.2, -0.15) is 0 Å². The number of hydrogen-bond donors (Lipinski definition) is 5. The maximum Gasteiger partial charge on any atom is 0.274 e. The molecular weight excluding hydrogens is 589 g/mol. The van der Waals surface area contributed by atoms with Crippen molar-refractivity contribution in [3.05, 3.63) is 93.9 Å². The van der Waals surface area contributed by atoms with Crippen LogP contribution in [0.25, 0.3) is 22.4 Å². The van der Waals surface area contributed by atoms with Crippen LogP contribution in [0.2, 0.25) is 10.0 Å². The quantitative estimate of drug-likeness (QED) is 0.135.